The van der Waals surface area contributed by atoms with Gasteiger partial charge in [-0.2, -0.15) is 9.37 Å². The number of hydrogen-bond donors (Lipinski definition) is 1. The number of unbranched alkanes of at least 4 members (excludes halogenated alkanes) is 1. The average molecular weight is 260 g/mol. The van der Waals surface area contributed by atoms with E-state index in [9.17, 15) is 13.2 Å². The number of anilines is 1. The van der Waals surface area contributed by atoms with Gasteiger partial charge in [0.2, 0.25) is 0 Å². The van der Waals surface area contributed by atoms with Gasteiger partial charge in [-0.15, -0.1) is 0 Å². The molecule has 1 aromatic heterocycles. The van der Waals surface area contributed by atoms with Crippen LogP contribution in [0, 0.1) is 17.6 Å². The zero-order valence-electron chi connectivity index (χ0n) is 10.8. The van der Waals surface area contributed by atoms with E-state index in [0.717, 1.165) is 32.1 Å². The van der Waals surface area contributed by atoms with Crippen LogP contribution in [0.2, 0.25) is 0 Å². The first kappa shape index (κ1) is 14.8. The minimum absolute atomic E-state index is 0.0433. The fourth-order valence-electron chi connectivity index (χ4n) is 1.83. The van der Waals surface area contributed by atoms with E-state index in [1.165, 1.54) is 0 Å². The van der Waals surface area contributed by atoms with Gasteiger partial charge < -0.3 is 5.32 Å². The summed E-state index contributed by atoms with van der Waals surface area (Å²) in [6.45, 7) is 4.09. The Morgan fingerprint density at radius 2 is 1.83 bits per heavy atom. The fourth-order valence-corrected chi connectivity index (χ4v) is 1.83. The lowest BCUT2D eigenvalue weighted by Crippen LogP contribution is -2.21. The van der Waals surface area contributed by atoms with Crippen molar-refractivity contribution in [3.8, 4) is 0 Å². The normalized spacial score (nSPS) is 12.5. The number of hydrogen-bond acceptors (Lipinski definition) is 2. The Bertz CT molecular complexity index is 383. The second kappa shape index (κ2) is 7.24. The van der Waals surface area contributed by atoms with Crippen LogP contribution in [0.1, 0.15) is 46.0 Å². The molecule has 1 atom stereocenters. The molecule has 0 aliphatic rings. The quantitative estimate of drug-likeness (QED) is 0.740. The predicted molar refractivity (Wildman–Crippen MR) is 66.0 cm³/mol. The lowest BCUT2D eigenvalue weighted by atomic mass is 10.1. The van der Waals surface area contributed by atoms with Gasteiger partial charge in [0, 0.05) is 12.1 Å². The molecule has 1 aromatic rings. The van der Waals surface area contributed by atoms with E-state index in [4.69, 9.17) is 0 Å². The summed E-state index contributed by atoms with van der Waals surface area (Å²) in [5.41, 5.74) is 0. The number of halogens is 3. The molecule has 0 aliphatic carbocycles. The summed E-state index contributed by atoms with van der Waals surface area (Å²) in [5, 5.41) is 2.86. The lowest BCUT2D eigenvalue weighted by Gasteiger charge is -2.18. The second-order valence-corrected chi connectivity index (χ2v) is 4.36. The molecule has 2 nitrogen and oxygen atoms in total. The molecule has 18 heavy (non-hydrogen) atoms. The van der Waals surface area contributed by atoms with Crippen LogP contribution in [0.4, 0.5) is 19.0 Å². The molecule has 1 rings (SSSR count). The SMILES string of the molecule is CCCCC(CCC)Nc1nc(F)c(F)cc1F. The topological polar surface area (TPSA) is 24.9 Å². The van der Waals surface area contributed by atoms with Crippen LogP contribution >= 0.6 is 0 Å². The van der Waals surface area contributed by atoms with Crippen molar-refractivity contribution in [1.82, 2.24) is 4.98 Å². The Kier molecular flexibility index (Phi) is 5.95. The highest BCUT2D eigenvalue weighted by atomic mass is 19.2. The summed E-state index contributed by atoms with van der Waals surface area (Å²) in [5.74, 6) is -3.60. The van der Waals surface area contributed by atoms with Gasteiger partial charge in [-0.05, 0) is 12.8 Å². The third-order valence-corrected chi connectivity index (χ3v) is 2.77. The third kappa shape index (κ3) is 4.20. The highest BCUT2D eigenvalue weighted by Gasteiger charge is 2.15. The van der Waals surface area contributed by atoms with Crippen molar-refractivity contribution in [2.45, 2.75) is 52.0 Å². The van der Waals surface area contributed by atoms with E-state index < -0.39 is 17.6 Å². The summed E-state index contributed by atoms with van der Waals surface area (Å²) < 4.78 is 39.1. The number of pyridine rings is 1. The Labute approximate surface area is 106 Å². The first-order chi connectivity index (χ1) is 8.58. The van der Waals surface area contributed by atoms with E-state index in [-0.39, 0.29) is 11.9 Å². The monoisotopic (exact) mass is 260 g/mol. The van der Waals surface area contributed by atoms with Gasteiger partial charge in [0.05, 0.1) is 0 Å². The van der Waals surface area contributed by atoms with Crippen molar-refractivity contribution in [3.63, 3.8) is 0 Å². The Hall–Kier alpha value is -1.26. The Morgan fingerprint density at radius 3 is 2.44 bits per heavy atom. The molecular formula is C13H19F3N2. The van der Waals surface area contributed by atoms with Crippen LogP contribution in [0.3, 0.4) is 0 Å². The van der Waals surface area contributed by atoms with Crippen LogP contribution in [0.25, 0.3) is 0 Å². The second-order valence-electron chi connectivity index (χ2n) is 4.36. The van der Waals surface area contributed by atoms with E-state index in [0.29, 0.717) is 6.07 Å². The van der Waals surface area contributed by atoms with Crippen LogP contribution < -0.4 is 5.32 Å². The van der Waals surface area contributed by atoms with E-state index in [2.05, 4.69) is 17.2 Å². The smallest absolute Gasteiger partial charge is 0.251 e. The molecule has 0 saturated heterocycles. The molecule has 5 heteroatoms. The lowest BCUT2D eigenvalue weighted by molar-refractivity contribution is 0.463. The maximum absolute atomic E-state index is 13.4. The number of rotatable bonds is 7. The van der Waals surface area contributed by atoms with Gasteiger partial charge in [0.25, 0.3) is 5.95 Å². The van der Waals surface area contributed by atoms with Crippen molar-refractivity contribution >= 4 is 5.82 Å². The number of aromatic nitrogens is 1. The van der Waals surface area contributed by atoms with Crippen LogP contribution in [-0.4, -0.2) is 11.0 Å². The standard InChI is InChI=1S/C13H19F3N2/c1-3-5-7-9(6-4-2)17-13-11(15)8-10(14)12(16)18-13/h8-9H,3-7H2,1-2H3,(H,17,18). The minimum Gasteiger partial charge on any atom is -0.365 e. The fraction of sp³-hybridized carbons (Fsp3) is 0.615. The van der Waals surface area contributed by atoms with Crippen molar-refractivity contribution in [2.24, 2.45) is 0 Å². The van der Waals surface area contributed by atoms with E-state index in [1.54, 1.807) is 0 Å². The Morgan fingerprint density at radius 1 is 1.11 bits per heavy atom. The predicted octanol–water partition coefficient (Wildman–Crippen LogP) is 4.27. The van der Waals surface area contributed by atoms with Gasteiger partial charge >= 0.3 is 0 Å². The van der Waals surface area contributed by atoms with Crippen LogP contribution in [0.15, 0.2) is 6.07 Å². The largest absolute Gasteiger partial charge is 0.365 e. The maximum Gasteiger partial charge on any atom is 0.251 e. The maximum atomic E-state index is 13.4. The van der Waals surface area contributed by atoms with E-state index >= 15 is 0 Å². The molecule has 0 aliphatic heterocycles. The first-order valence-electron chi connectivity index (χ1n) is 6.36. The summed E-state index contributed by atoms with van der Waals surface area (Å²) in [6, 6.07) is 0.565. The van der Waals surface area contributed by atoms with Crippen molar-refractivity contribution in [1.29, 1.82) is 0 Å². The summed E-state index contributed by atoms with van der Waals surface area (Å²) >= 11 is 0. The van der Waals surface area contributed by atoms with Gasteiger partial charge in [-0.3, -0.25) is 0 Å². The van der Waals surface area contributed by atoms with Crippen LogP contribution in [-0.2, 0) is 0 Å². The first-order valence-corrected chi connectivity index (χ1v) is 6.36. The van der Waals surface area contributed by atoms with Gasteiger partial charge in [0.15, 0.2) is 17.5 Å². The molecule has 0 radical (unpaired) electrons. The molecular weight excluding hydrogens is 241 g/mol. The molecule has 0 bridgehead atoms. The molecule has 1 heterocycles. The minimum atomic E-state index is -1.27. The highest BCUT2D eigenvalue weighted by Crippen LogP contribution is 2.18. The summed E-state index contributed by atoms with van der Waals surface area (Å²) in [4.78, 5) is 3.27. The van der Waals surface area contributed by atoms with Gasteiger partial charge in [0.1, 0.15) is 0 Å². The molecule has 0 spiro atoms. The zero-order valence-corrected chi connectivity index (χ0v) is 10.8. The molecule has 0 aromatic carbocycles. The molecule has 0 saturated carbocycles. The van der Waals surface area contributed by atoms with Gasteiger partial charge in [-0.1, -0.05) is 33.1 Å². The summed E-state index contributed by atoms with van der Waals surface area (Å²) in [7, 11) is 0. The van der Waals surface area contributed by atoms with E-state index in [1.807, 2.05) is 6.92 Å². The van der Waals surface area contributed by atoms with Gasteiger partial charge in [-0.25, -0.2) is 8.78 Å². The third-order valence-electron chi connectivity index (χ3n) is 2.77. The molecule has 0 fully saturated rings. The number of nitrogens with zero attached hydrogens (tertiary/aromatic N) is 1. The molecule has 102 valence electrons. The highest BCUT2D eigenvalue weighted by molar-refractivity contribution is 5.37. The Balaban J connectivity index is 2.76. The molecule has 1 unspecified atom stereocenters. The zero-order chi connectivity index (χ0) is 13.5. The summed E-state index contributed by atoms with van der Waals surface area (Å²) in [6.07, 6.45) is 4.69. The average Bonchev–Trinajstić information content (AvgIpc) is 2.33. The van der Waals surface area contributed by atoms with Crippen LogP contribution in [0.5, 0.6) is 0 Å². The molecule has 0 amide bonds. The molecule has 1 N–H and O–H groups in total. The number of nitrogens with one attached hydrogen (secondary N) is 1. The van der Waals surface area contributed by atoms with Crippen molar-refractivity contribution < 1.29 is 13.2 Å². The van der Waals surface area contributed by atoms with Crippen molar-refractivity contribution in [2.75, 3.05) is 5.32 Å². The van der Waals surface area contributed by atoms with Crippen molar-refractivity contribution in [3.05, 3.63) is 23.6 Å².